The van der Waals surface area contributed by atoms with Crippen LogP contribution in [0.1, 0.15) is 33.3 Å². The van der Waals surface area contributed by atoms with Gasteiger partial charge in [-0.3, -0.25) is 0 Å². The van der Waals surface area contributed by atoms with Crippen LogP contribution in [0.15, 0.2) is 30.3 Å². The monoisotopic (exact) mass is 215 g/mol. The topological polar surface area (TPSA) is 3.24 Å². The van der Waals surface area contributed by atoms with E-state index in [9.17, 15) is 0 Å². The van der Waals surface area contributed by atoms with Crippen molar-refractivity contribution in [1.29, 1.82) is 0 Å². The van der Waals surface area contributed by atoms with Crippen LogP contribution in [0.3, 0.4) is 0 Å². The zero-order chi connectivity index (χ0) is 11.9. The van der Waals surface area contributed by atoms with Crippen LogP contribution < -0.4 is 4.90 Å². The summed E-state index contributed by atoms with van der Waals surface area (Å²) in [6, 6.07) is 9.12. The molecule has 0 aliphatic carbocycles. The summed E-state index contributed by atoms with van der Waals surface area (Å²) in [6.07, 6.45) is 2.39. The first-order valence-corrected chi connectivity index (χ1v) is 5.92. The number of nitrogens with zero attached hydrogens (tertiary/aromatic N) is 1. The summed E-state index contributed by atoms with van der Waals surface area (Å²) in [4.78, 5) is 2.39. The van der Waals surface area contributed by atoms with Crippen molar-refractivity contribution in [3.63, 3.8) is 0 Å². The third-order valence-electron chi connectivity index (χ3n) is 3.42. The standard InChI is InChI=1S/C15H21N/c1-11-10-14(15(2,3)4)16(5)13-9-7-6-8-12(11)13/h6-10,14H,1-5H3. The van der Waals surface area contributed by atoms with E-state index in [1.165, 1.54) is 16.8 Å². The maximum Gasteiger partial charge on any atom is 0.0524 e. The van der Waals surface area contributed by atoms with Crippen molar-refractivity contribution >= 4 is 11.3 Å². The van der Waals surface area contributed by atoms with Gasteiger partial charge in [-0.15, -0.1) is 0 Å². The van der Waals surface area contributed by atoms with Crippen molar-refractivity contribution in [3.8, 4) is 0 Å². The molecule has 1 heteroatoms. The first-order chi connectivity index (χ1) is 7.41. The third kappa shape index (κ3) is 1.75. The number of anilines is 1. The van der Waals surface area contributed by atoms with E-state index in [1.807, 2.05) is 0 Å². The predicted octanol–water partition coefficient (Wildman–Crippen LogP) is 3.95. The Kier molecular flexibility index (Phi) is 2.57. The van der Waals surface area contributed by atoms with E-state index in [0.717, 1.165) is 0 Å². The Hall–Kier alpha value is -1.24. The maximum atomic E-state index is 2.39. The number of allylic oxidation sites excluding steroid dienone is 1. The molecule has 0 saturated heterocycles. The van der Waals surface area contributed by atoms with Gasteiger partial charge in [-0.1, -0.05) is 45.0 Å². The molecule has 1 aliphatic rings. The Morgan fingerprint density at radius 3 is 2.38 bits per heavy atom. The molecule has 0 spiro atoms. The second kappa shape index (κ2) is 3.65. The highest BCUT2D eigenvalue weighted by molar-refractivity contribution is 5.79. The largest absolute Gasteiger partial charge is 0.367 e. The Morgan fingerprint density at radius 1 is 1.12 bits per heavy atom. The van der Waals surface area contributed by atoms with Gasteiger partial charge in [0.05, 0.1) is 6.04 Å². The first-order valence-electron chi connectivity index (χ1n) is 5.92. The van der Waals surface area contributed by atoms with Gasteiger partial charge < -0.3 is 4.90 Å². The number of rotatable bonds is 0. The fourth-order valence-corrected chi connectivity index (χ4v) is 2.53. The summed E-state index contributed by atoms with van der Waals surface area (Å²) in [6.45, 7) is 9.11. The highest BCUT2D eigenvalue weighted by Crippen LogP contribution is 2.38. The zero-order valence-corrected chi connectivity index (χ0v) is 10.9. The predicted molar refractivity (Wildman–Crippen MR) is 71.7 cm³/mol. The molecule has 1 atom stereocenters. The highest BCUT2D eigenvalue weighted by atomic mass is 15.1. The van der Waals surface area contributed by atoms with Gasteiger partial charge in [0.1, 0.15) is 0 Å². The smallest absolute Gasteiger partial charge is 0.0524 e. The van der Waals surface area contributed by atoms with Crippen LogP contribution in [0.5, 0.6) is 0 Å². The maximum absolute atomic E-state index is 2.39. The van der Waals surface area contributed by atoms with Gasteiger partial charge >= 0.3 is 0 Å². The molecular weight excluding hydrogens is 194 g/mol. The van der Waals surface area contributed by atoms with Crippen LogP contribution in [0.4, 0.5) is 5.69 Å². The molecule has 0 aromatic heterocycles. The van der Waals surface area contributed by atoms with Crippen molar-refractivity contribution in [1.82, 2.24) is 0 Å². The number of fused-ring (bicyclic) bond motifs is 1. The van der Waals surface area contributed by atoms with E-state index in [0.29, 0.717) is 6.04 Å². The Bertz CT molecular complexity index is 423. The van der Waals surface area contributed by atoms with Crippen LogP contribution in [0.25, 0.3) is 5.57 Å². The fourth-order valence-electron chi connectivity index (χ4n) is 2.53. The molecule has 0 amide bonds. The summed E-state index contributed by atoms with van der Waals surface area (Å²) in [5, 5.41) is 0. The highest BCUT2D eigenvalue weighted by Gasteiger charge is 2.30. The summed E-state index contributed by atoms with van der Waals surface area (Å²) in [5.74, 6) is 0. The minimum absolute atomic E-state index is 0.267. The van der Waals surface area contributed by atoms with Crippen LogP contribution in [-0.2, 0) is 0 Å². The lowest BCUT2D eigenvalue weighted by Gasteiger charge is -2.41. The second-order valence-electron chi connectivity index (χ2n) is 5.79. The van der Waals surface area contributed by atoms with Crippen molar-refractivity contribution in [2.45, 2.75) is 33.7 Å². The molecule has 1 nitrogen and oxygen atoms in total. The molecule has 0 radical (unpaired) electrons. The van der Waals surface area contributed by atoms with E-state index in [-0.39, 0.29) is 5.41 Å². The van der Waals surface area contributed by atoms with Gasteiger partial charge in [0.2, 0.25) is 0 Å². The van der Waals surface area contributed by atoms with Crippen molar-refractivity contribution in [2.75, 3.05) is 11.9 Å². The molecule has 86 valence electrons. The van der Waals surface area contributed by atoms with Crippen molar-refractivity contribution in [2.24, 2.45) is 5.41 Å². The molecule has 1 aliphatic heterocycles. The second-order valence-corrected chi connectivity index (χ2v) is 5.79. The lowest BCUT2D eigenvalue weighted by molar-refractivity contribution is 0.355. The molecule has 16 heavy (non-hydrogen) atoms. The normalized spacial score (nSPS) is 20.4. The van der Waals surface area contributed by atoms with E-state index < -0.39 is 0 Å². The van der Waals surface area contributed by atoms with E-state index in [4.69, 9.17) is 0 Å². The van der Waals surface area contributed by atoms with Crippen molar-refractivity contribution in [3.05, 3.63) is 35.9 Å². The number of benzene rings is 1. The van der Waals surface area contributed by atoms with Crippen LogP contribution >= 0.6 is 0 Å². The third-order valence-corrected chi connectivity index (χ3v) is 3.42. The SMILES string of the molecule is CC1=CC(C(C)(C)C)N(C)c2ccccc21. The van der Waals surface area contributed by atoms with Gasteiger partial charge in [-0.2, -0.15) is 0 Å². The first kappa shape index (κ1) is 11.3. The molecule has 0 fully saturated rings. The molecule has 2 rings (SSSR count). The molecular formula is C15H21N. The van der Waals surface area contributed by atoms with Gasteiger partial charge in [0, 0.05) is 18.3 Å². The summed E-state index contributed by atoms with van der Waals surface area (Å²) >= 11 is 0. The van der Waals surface area contributed by atoms with Gasteiger partial charge in [-0.05, 0) is 24.0 Å². The molecule has 1 aromatic rings. The van der Waals surface area contributed by atoms with Crippen LogP contribution in [0.2, 0.25) is 0 Å². The molecule has 0 bridgehead atoms. The van der Waals surface area contributed by atoms with Crippen LogP contribution in [0, 0.1) is 5.41 Å². The summed E-state index contributed by atoms with van der Waals surface area (Å²) in [7, 11) is 2.19. The van der Waals surface area contributed by atoms with Gasteiger partial charge in [-0.25, -0.2) is 0 Å². The van der Waals surface area contributed by atoms with Crippen molar-refractivity contribution < 1.29 is 0 Å². The quantitative estimate of drug-likeness (QED) is 0.633. The fraction of sp³-hybridized carbons (Fsp3) is 0.467. The lowest BCUT2D eigenvalue weighted by Crippen LogP contribution is -2.42. The minimum atomic E-state index is 0.267. The minimum Gasteiger partial charge on any atom is -0.367 e. The molecule has 1 unspecified atom stereocenters. The number of hydrogen-bond acceptors (Lipinski definition) is 1. The van der Waals surface area contributed by atoms with E-state index >= 15 is 0 Å². The molecule has 1 aromatic carbocycles. The average molecular weight is 215 g/mol. The van der Waals surface area contributed by atoms with E-state index in [2.05, 4.69) is 70.0 Å². The summed E-state index contributed by atoms with van der Waals surface area (Å²) < 4.78 is 0. The number of para-hydroxylation sites is 1. The Morgan fingerprint density at radius 2 is 1.75 bits per heavy atom. The Labute approximate surface area is 98.8 Å². The molecule has 1 heterocycles. The zero-order valence-electron chi connectivity index (χ0n) is 10.9. The average Bonchev–Trinajstić information content (AvgIpc) is 2.22. The molecule has 0 saturated carbocycles. The summed E-state index contributed by atoms with van der Waals surface area (Å²) in [5.41, 5.74) is 4.38. The number of likely N-dealkylation sites (N-methyl/N-ethyl adjacent to an activating group) is 1. The number of hydrogen-bond donors (Lipinski definition) is 0. The van der Waals surface area contributed by atoms with E-state index in [1.54, 1.807) is 0 Å². The Balaban J connectivity index is 2.51. The van der Waals surface area contributed by atoms with Gasteiger partial charge in [0.15, 0.2) is 0 Å². The van der Waals surface area contributed by atoms with Gasteiger partial charge in [0.25, 0.3) is 0 Å². The van der Waals surface area contributed by atoms with Crippen LogP contribution in [-0.4, -0.2) is 13.1 Å². The lowest BCUT2D eigenvalue weighted by atomic mass is 9.81. The molecule has 0 N–H and O–H groups in total.